The third-order valence-electron chi connectivity index (χ3n) is 5.23. The zero-order chi connectivity index (χ0) is 22.0. The van der Waals surface area contributed by atoms with Crippen molar-refractivity contribution in [2.75, 3.05) is 18.2 Å². The van der Waals surface area contributed by atoms with E-state index < -0.39 is 11.7 Å². The molecule has 1 aliphatic rings. The van der Waals surface area contributed by atoms with Crippen molar-refractivity contribution in [3.63, 3.8) is 0 Å². The molecule has 0 aromatic carbocycles. The summed E-state index contributed by atoms with van der Waals surface area (Å²) in [5.74, 6) is -1.13. The molecule has 0 spiro atoms. The van der Waals surface area contributed by atoms with Crippen LogP contribution in [0.5, 0.6) is 5.75 Å². The van der Waals surface area contributed by atoms with Crippen molar-refractivity contribution in [2.45, 2.75) is 31.8 Å². The number of esters is 1. The average Bonchev–Trinajstić information content (AvgIpc) is 3.09. The molecule has 3 aromatic heterocycles. The van der Waals surface area contributed by atoms with Gasteiger partial charge < -0.3 is 20.5 Å². The molecule has 3 N–H and O–H groups in total. The van der Waals surface area contributed by atoms with E-state index in [1.165, 1.54) is 13.3 Å². The lowest BCUT2D eigenvalue weighted by molar-refractivity contribution is -0.147. The largest absolute Gasteiger partial charge is 0.488 e. The van der Waals surface area contributed by atoms with Gasteiger partial charge >= 0.3 is 5.97 Å². The van der Waals surface area contributed by atoms with Gasteiger partial charge in [0.05, 0.1) is 37.7 Å². The molecule has 0 atom stereocenters. The number of fused-ring (bicyclic) bond motifs is 1. The Labute approximate surface area is 176 Å². The maximum atomic E-state index is 13.4. The molecule has 4 rings (SSSR count). The van der Waals surface area contributed by atoms with E-state index in [0.29, 0.717) is 37.1 Å². The van der Waals surface area contributed by atoms with Crippen LogP contribution in [-0.2, 0) is 9.53 Å². The normalized spacial score (nSPS) is 18.5. The van der Waals surface area contributed by atoms with Crippen LogP contribution in [0.3, 0.4) is 0 Å². The third kappa shape index (κ3) is 4.25. The van der Waals surface area contributed by atoms with Crippen LogP contribution < -0.4 is 15.8 Å². The molecular weight excluding hydrogens is 407 g/mol. The second kappa shape index (κ2) is 8.54. The van der Waals surface area contributed by atoms with Crippen LogP contribution >= 0.6 is 0 Å². The van der Waals surface area contributed by atoms with E-state index in [9.17, 15) is 14.0 Å². The number of carbonyl (C=O) groups excluding carboxylic acids is 2. The molecule has 1 saturated carbocycles. The Balaban J connectivity index is 1.49. The number of carbonyl (C=O) groups is 2. The number of pyridine rings is 1. The van der Waals surface area contributed by atoms with Gasteiger partial charge in [0.25, 0.3) is 5.91 Å². The number of rotatable bonds is 5. The van der Waals surface area contributed by atoms with Crippen LogP contribution in [0.1, 0.15) is 36.0 Å². The third-order valence-corrected chi connectivity index (χ3v) is 5.23. The standard InChI is InChI=1S/C20H21FN6O4/c1-30-20(29)11-2-4-13(5-3-11)31-15-6-7-23-9-14(15)25-19(28)16-17(22)26-27-10-12(21)8-24-18(16)27/h6-11,13H,2-5H2,1H3,(H2,22,26)(H,25,28)/t11-,13+. The molecule has 3 aromatic rings. The molecule has 0 saturated heterocycles. The van der Waals surface area contributed by atoms with E-state index >= 15 is 0 Å². The topological polar surface area (TPSA) is 134 Å². The minimum absolute atomic E-state index is 0.0217. The van der Waals surface area contributed by atoms with Crippen LogP contribution in [0.2, 0.25) is 0 Å². The van der Waals surface area contributed by atoms with Crippen LogP contribution in [0, 0.1) is 11.7 Å². The number of nitrogens with two attached hydrogens (primary N) is 1. The van der Waals surface area contributed by atoms with Gasteiger partial charge in [-0.2, -0.15) is 0 Å². The Bertz CT molecular complexity index is 1130. The van der Waals surface area contributed by atoms with Crippen LogP contribution in [0.25, 0.3) is 5.65 Å². The summed E-state index contributed by atoms with van der Waals surface area (Å²) in [5.41, 5.74) is 6.36. The molecule has 11 heteroatoms. The molecule has 0 aliphatic heterocycles. The van der Waals surface area contributed by atoms with E-state index in [4.69, 9.17) is 15.2 Å². The summed E-state index contributed by atoms with van der Waals surface area (Å²) in [6, 6.07) is 1.65. The lowest BCUT2D eigenvalue weighted by Crippen LogP contribution is -2.29. The number of nitrogens with one attached hydrogen (secondary N) is 1. The SMILES string of the molecule is COC(=O)[C@H]1CC[C@@H](Oc2ccncc2NC(=O)c2c(N)nn3cc(F)cnc23)CC1. The zero-order valence-corrected chi connectivity index (χ0v) is 16.7. The van der Waals surface area contributed by atoms with Gasteiger partial charge in [0, 0.05) is 12.3 Å². The first-order chi connectivity index (χ1) is 15.0. The molecule has 1 aliphatic carbocycles. The highest BCUT2D eigenvalue weighted by Gasteiger charge is 2.28. The monoisotopic (exact) mass is 428 g/mol. The quantitative estimate of drug-likeness (QED) is 0.591. The lowest BCUT2D eigenvalue weighted by atomic mass is 9.87. The summed E-state index contributed by atoms with van der Waals surface area (Å²) in [5, 5.41) is 6.65. The van der Waals surface area contributed by atoms with Crippen molar-refractivity contribution in [2.24, 2.45) is 5.92 Å². The molecule has 0 bridgehead atoms. The van der Waals surface area contributed by atoms with E-state index in [-0.39, 0.29) is 35.0 Å². The summed E-state index contributed by atoms with van der Waals surface area (Å²) in [4.78, 5) is 32.5. The van der Waals surface area contributed by atoms with E-state index in [1.54, 1.807) is 12.3 Å². The highest BCUT2D eigenvalue weighted by atomic mass is 19.1. The number of methoxy groups -OCH3 is 1. The van der Waals surface area contributed by atoms with Gasteiger partial charge in [0.2, 0.25) is 0 Å². The van der Waals surface area contributed by atoms with Crippen LogP contribution in [-0.4, -0.2) is 44.7 Å². The number of anilines is 2. The van der Waals surface area contributed by atoms with Crippen molar-refractivity contribution in [3.05, 3.63) is 42.2 Å². The Kier molecular flexibility index (Phi) is 5.65. The summed E-state index contributed by atoms with van der Waals surface area (Å²) >= 11 is 0. The van der Waals surface area contributed by atoms with E-state index in [0.717, 1.165) is 16.9 Å². The van der Waals surface area contributed by atoms with Gasteiger partial charge in [-0.3, -0.25) is 14.6 Å². The Morgan fingerprint density at radius 1 is 1.26 bits per heavy atom. The molecule has 1 fully saturated rings. The van der Waals surface area contributed by atoms with Crippen LogP contribution in [0.4, 0.5) is 15.9 Å². The van der Waals surface area contributed by atoms with Gasteiger partial charge in [0.15, 0.2) is 17.3 Å². The molecule has 31 heavy (non-hydrogen) atoms. The summed E-state index contributed by atoms with van der Waals surface area (Å²) in [7, 11) is 1.39. The summed E-state index contributed by atoms with van der Waals surface area (Å²) in [6.45, 7) is 0. The predicted molar refractivity (Wildman–Crippen MR) is 108 cm³/mol. The second-order valence-electron chi connectivity index (χ2n) is 7.24. The minimum Gasteiger partial charge on any atom is -0.488 e. The Morgan fingerprint density at radius 3 is 2.77 bits per heavy atom. The first kappa shape index (κ1) is 20.5. The van der Waals surface area contributed by atoms with Crippen molar-refractivity contribution >= 4 is 29.0 Å². The fourth-order valence-corrected chi connectivity index (χ4v) is 3.67. The zero-order valence-electron chi connectivity index (χ0n) is 16.7. The number of ether oxygens (including phenoxy) is 2. The molecule has 162 valence electrons. The van der Waals surface area contributed by atoms with Gasteiger partial charge in [-0.05, 0) is 25.7 Å². The number of hydrogen-bond acceptors (Lipinski definition) is 8. The second-order valence-corrected chi connectivity index (χ2v) is 7.24. The van der Waals surface area contributed by atoms with Gasteiger partial charge in [-0.25, -0.2) is 13.9 Å². The van der Waals surface area contributed by atoms with E-state index in [1.807, 2.05) is 0 Å². The average molecular weight is 428 g/mol. The number of nitrogen functional groups attached to an aromatic ring is 1. The van der Waals surface area contributed by atoms with Gasteiger partial charge in [-0.15, -0.1) is 5.10 Å². The molecule has 3 heterocycles. The Morgan fingerprint density at radius 2 is 2.03 bits per heavy atom. The molecule has 0 radical (unpaired) electrons. The smallest absolute Gasteiger partial charge is 0.308 e. The first-order valence-electron chi connectivity index (χ1n) is 9.75. The molecule has 0 unspecified atom stereocenters. The number of nitrogens with zero attached hydrogens (tertiary/aromatic N) is 4. The number of hydrogen-bond donors (Lipinski definition) is 2. The van der Waals surface area contributed by atoms with Crippen molar-refractivity contribution < 1.29 is 23.5 Å². The molecule has 1 amide bonds. The van der Waals surface area contributed by atoms with E-state index in [2.05, 4.69) is 20.4 Å². The highest BCUT2D eigenvalue weighted by molar-refractivity contribution is 6.11. The van der Waals surface area contributed by atoms with Crippen molar-refractivity contribution in [1.29, 1.82) is 0 Å². The maximum absolute atomic E-state index is 13.4. The lowest BCUT2D eigenvalue weighted by Gasteiger charge is -2.28. The summed E-state index contributed by atoms with van der Waals surface area (Å²) in [6.07, 6.45) is 7.69. The molecular formula is C20H21FN6O4. The minimum atomic E-state index is -0.605. The fourth-order valence-electron chi connectivity index (χ4n) is 3.67. The van der Waals surface area contributed by atoms with Gasteiger partial charge in [0.1, 0.15) is 17.0 Å². The molecule has 10 nitrogen and oxygen atoms in total. The number of aromatic nitrogens is 4. The van der Waals surface area contributed by atoms with Crippen molar-refractivity contribution in [1.82, 2.24) is 19.6 Å². The maximum Gasteiger partial charge on any atom is 0.308 e. The van der Waals surface area contributed by atoms with Crippen LogP contribution in [0.15, 0.2) is 30.9 Å². The number of amides is 1. The fraction of sp³-hybridized carbons (Fsp3) is 0.350. The highest BCUT2D eigenvalue weighted by Crippen LogP contribution is 2.32. The summed E-state index contributed by atoms with van der Waals surface area (Å²) < 4.78 is 25.4. The Hall–Kier alpha value is -3.76. The first-order valence-corrected chi connectivity index (χ1v) is 9.75. The van der Waals surface area contributed by atoms with Crippen molar-refractivity contribution in [3.8, 4) is 5.75 Å². The predicted octanol–water partition coefficient (Wildman–Crippen LogP) is 2.21. The van der Waals surface area contributed by atoms with Gasteiger partial charge in [-0.1, -0.05) is 0 Å². The number of halogens is 1.